The van der Waals surface area contributed by atoms with E-state index in [-0.39, 0.29) is 6.04 Å². The van der Waals surface area contributed by atoms with Gasteiger partial charge in [0, 0.05) is 19.1 Å². The van der Waals surface area contributed by atoms with E-state index in [4.69, 9.17) is 5.73 Å². The Morgan fingerprint density at radius 1 is 1.37 bits per heavy atom. The van der Waals surface area contributed by atoms with Crippen LogP contribution in [-0.4, -0.2) is 29.3 Å². The molecule has 19 heavy (non-hydrogen) atoms. The van der Waals surface area contributed by atoms with E-state index in [9.17, 15) is 13.2 Å². The molecule has 0 saturated carbocycles. The molecule has 1 fully saturated rings. The fourth-order valence-corrected chi connectivity index (χ4v) is 2.41. The number of anilines is 1. The topological polar surface area (TPSA) is 55.0 Å². The Balaban J connectivity index is 2.17. The van der Waals surface area contributed by atoms with Crippen LogP contribution in [0.25, 0.3) is 0 Å². The number of hydrogen-bond donors (Lipinski definition) is 1. The average molecular weight is 274 g/mol. The molecule has 1 aliphatic rings. The van der Waals surface area contributed by atoms with Gasteiger partial charge in [-0.15, -0.1) is 10.2 Å². The summed E-state index contributed by atoms with van der Waals surface area (Å²) in [6, 6.07) is 2.46. The largest absolute Gasteiger partial charge is 0.435 e. The lowest BCUT2D eigenvalue weighted by Crippen LogP contribution is -2.46. The van der Waals surface area contributed by atoms with Crippen LogP contribution in [0, 0.1) is 5.92 Å². The first-order valence-electron chi connectivity index (χ1n) is 6.29. The van der Waals surface area contributed by atoms with Crippen LogP contribution >= 0.6 is 0 Å². The molecule has 1 aromatic heterocycles. The minimum absolute atomic E-state index is 0.120. The molecule has 0 bridgehead atoms. The van der Waals surface area contributed by atoms with Gasteiger partial charge in [0.2, 0.25) is 0 Å². The highest BCUT2D eigenvalue weighted by molar-refractivity contribution is 5.40. The molecule has 2 unspecified atom stereocenters. The van der Waals surface area contributed by atoms with Crippen LogP contribution in [0.3, 0.4) is 0 Å². The molecule has 1 saturated heterocycles. The predicted octanol–water partition coefficient (Wildman–Crippen LogP) is 2.06. The molecule has 0 amide bonds. The van der Waals surface area contributed by atoms with E-state index in [1.165, 1.54) is 6.07 Å². The molecule has 7 heteroatoms. The van der Waals surface area contributed by atoms with E-state index in [0.29, 0.717) is 18.3 Å². The monoisotopic (exact) mass is 274 g/mol. The van der Waals surface area contributed by atoms with Gasteiger partial charge in [-0.05, 0) is 30.9 Å². The van der Waals surface area contributed by atoms with Crippen LogP contribution in [-0.2, 0) is 6.18 Å². The van der Waals surface area contributed by atoms with E-state index >= 15 is 0 Å². The van der Waals surface area contributed by atoms with Gasteiger partial charge in [-0.3, -0.25) is 0 Å². The third kappa shape index (κ3) is 3.15. The van der Waals surface area contributed by atoms with E-state index in [0.717, 1.165) is 25.5 Å². The molecule has 1 aromatic rings. The van der Waals surface area contributed by atoms with Crippen molar-refractivity contribution in [2.75, 3.05) is 18.0 Å². The SMILES string of the molecule is CC1CCN(c2ccc(C(F)(F)F)nn2)C(CN)C1. The third-order valence-electron chi connectivity index (χ3n) is 3.49. The molecule has 4 nitrogen and oxygen atoms in total. The Morgan fingerprint density at radius 2 is 2.11 bits per heavy atom. The maximum absolute atomic E-state index is 12.4. The summed E-state index contributed by atoms with van der Waals surface area (Å²) in [5.74, 6) is 1.04. The molecular formula is C12H17F3N4. The second-order valence-corrected chi connectivity index (χ2v) is 4.99. The minimum atomic E-state index is -4.45. The lowest BCUT2D eigenvalue weighted by Gasteiger charge is -2.38. The van der Waals surface area contributed by atoms with Crippen molar-refractivity contribution in [1.29, 1.82) is 0 Å². The lowest BCUT2D eigenvalue weighted by molar-refractivity contribution is -0.141. The Bertz CT molecular complexity index is 418. The molecule has 2 heterocycles. The first kappa shape index (κ1) is 14.0. The number of hydrogen-bond acceptors (Lipinski definition) is 4. The van der Waals surface area contributed by atoms with Gasteiger partial charge in [0.1, 0.15) is 0 Å². The molecular weight excluding hydrogens is 257 g/mol. The number of nitrogens with zero attached hydrogens (tertiary/aromatic N) is 3. The second-order valence-electron chi connectivity index (χ2n) is 4.99. The van der Waals surface area contributed by atoms with E-state index in [2.05, 4.69) is 17.1 Å². The first-order valence-corrected chi connectivity index (χ1v) is 6.29. The van der Waals surface area contributed by atoms with Gasteiger partial charge in [-0.2, -0.15) is 13.2 Å². The highest BCUT2D eigenvalue weighted by Crippen LogP contribution is 2.29. The highest BCUT2D eigenvalue weighted by Gasteiger charge is 2.33. The van der Waals surface area contributed by atoms with E-state index in [1.54, 1.807) is 0 Å². The fraction of sp³-hybridized carbons (Fsp3) is 0.667. The van der Waals surface area contributed by atoms with Crippen molar-refractivity contribution in [3.63, 3.8) is 0 Å². The summed E-state index contributed by atoms with van der Waals surface area (Å²) in [6.45, 7) is 3.37. The van der Waals surface area contributed by atoms with Crippen LogP contribution in [0.4, 0.5) is 19.0 Å². The van der Waals surface area contributed by atoms with Crippen LogP contribution in [0.2, 0.25) is 0 Å². The number of rotatable bonds is 2. The number of alkyl halides is 3. The quantitative estimate of drug-likeness (QED) is 0.897. The Hall–Kier alpha value is -1.37. The predicted molar refractivity (Wildman–Crippen MR) is 65.6 cm³/mol. The summed E-state index contributed by atoms with van der Waals surface area (Å²) in [5, 5.41) is 6.95. The molecule has 2 N–H and O–H groups in total. The molecule has 0 aliphatic carbocycles. The normalized spacial score (nSPS) is 24.6. The summed E-state index contributed by atoms with van der Waals surface area (Å²) in [4.78, 5) is 1.95. The number of nitrogens with two attached hydrogens (primary N) is 1. The Morgan fingerprint density at radius 3 is 2.63 bits per heavy atom. The lowest BCUT2D eigenvalue weighted by atomic mass is 9.92. The number of aromatic nitrogens is 2. The summed E-state index contributed by atoms with van der Waals surface area (Å²) in [7, 11) is 0. The van der Waals surface area contributed by atoms with Crippen molar-refractivity contribution >= 4 is 5.82 Å². The molecule has 2 atom stereocenters. The zero-order valence-corrected chi connectivity index (χ0v) is 10.7. The summed E-state index contributed by atoms with van der Waals surface area (Å²) in [6.07, 6.45) is -2.53. The van der Waals surface area contributed by atoms with E-state index in [1.807, 2.05) is 4.90 Å². The molecule has 2 rings (SSSR count). The Labute approximate surface area is 109 Å². The zero-order valence-electron chi connectivity index (χ0n) is 10.7. The maximum Gasteiger partial charge on any atom is 0.435 e. The van der Waals surface area contributed by atoms with Gasteiger partial charge >= 0.3 is 6.18 Å². The first-order chi connectivity index (χ1) is 8.91. The van der Waals surface area contributed by atoms with Crippen molar-refractivity contribution < 1.29 is 13.2 Å². The number of piperidine rings is 1. The van der Waals surface area contributed by atoms with Gasteiger partial charge in [-0.25, -0.2) is 0 Å². The third-order valence-corrected chi connectivity index (χ3v) is 3.49. The molecule has 0 radical (unpaired) electrons. The Kier molecular flexibility index (Phi) is 3.93. The van der Waals surface area contributed by atoms with Gasteiger partial charge in [0.05, 0.1) is 0 Å². The van der Waals surface area contributed by atoms with Gasteiger partial charge < -0.3 is 10.6 Å². The zero-order chi connectivity index (χ0) is 14.0. The van der Waals surface area contributed by atoms with Gasteiger partial charge in [0.25, 0.3) is 0 Å². The van der Waals surface area contributed by atoms with Gasteiger partial charge in [0.15, 0.2) is 11.5 Å². The highest BCUT2D eigenvalue weighted by atomic mass is 19.4. The maximum atomic E-state index is 12.4. The molecule has 1 aliphatic heterocycles. The molecule has 106 valence electrons. The van der Waals surface area contributed by atoms with Crippen molar-refractivity contribution in [2.45, 2.75) is 32.0 Å². The van der Waals surface area contributed by atoms with Crippen molar-refractivity contribution in [2.24, 2.45) is 11.7 Å². The van der Waals surface area contributed by atoms with Gasteiger partial charge in [-0.1, -0.05) is 6.92 Å². The van der Waals surface area contributed by atoms with Crippen LogP contribution < -0.4 is 10.6 Å². The summed E-state index contributed by atoms with van der Waals surface area (Å²) >= 11 is 0. The van der Waals surface area contributed by atoms with Crippen molar-refractivity contribution in [3.05, 3.63) is 17.8 Å². The van der Waals surface area contributed by atoms with Crippen molar-refractivity contribution in [3.8, 4) is 0 Å². The molecule has 0 spiro atoms. The molecule has 0 aromatic carbocycles. The van der Waals surface area contributed by atoms with Crippen LogP contribution in [0.15, 0.2) is 12.1 Å². The standard InChI is InChI=1S/C12H17F3N4/c1-8-4-5-19(9(6-8)7-16)11-3-2-10(17-18-11)12(13,14)15/h2-3,8-9H,4-7,16H2,1H3. The van der Waals surface area contributed by atoms with E-state index < -0.39 is 11.9 Å². The van der Waals surface area contributed by atoms with Crippen LogP contribution in [0.5, 0.6) is 0 Å². The summed E-state index contributed by atoms with van der Waals surface area (Å²) < 4.78 is 37.3. The average Bonchev–Trinajstić information content (AvgIpc) is 2.37. The fourth-order valence-electron chi connectivity index (χ4n) is 2.41. The number of halogens is 3. The van der Waals surface area contributed by atoms with Crippen molar-refractivity contribution in [1.82, 2.24) is 10.2 Å². The van der Waals surface area contributed by atoms with Crippen LogP contribution in [0.1, 0.15) is 25.5 Å². The second kappa shape index (κ2) is 5.32. The smallest absolute Gasteiger partial charge is 0.351 e. The summed E-state index contributed by atoms with van der Waals surface area (Å²) in [5.41, 5.74) is 4.76. The minimum Gasteiger partial charge on any atom is -0.351 e.